The van der Waals surface area contributed by atoms with Crippen LogP contribution in [-0.2, 0) is 0 Å². The van der Waals surface area contributed by atoms with E-state index in [1.807, 2.05) is 14.0 Å². The van der Waals surface area contributed by atoms with Gasteiger partial charge in [-0.05, 0) is 19.9 Å². The van der Waals surface area contributed by atoms with Gasteiger partial charge in [-0.3, -0.25) is 5.41 Å². The van der Waals surface area contributed by atoms with Crippen molar-refractivity contribution in [3.63, 3.8) is 0 Å². The molecule has 88 valence electrons. The Labute approximate surface area is 92.0 Å². The number of nitrogens with two attached hydrogens (primary N) is 1. The van der Waals surface area contributed by atoms with Crippen LogP contribution in [0.5, 0.6) is 0 Å². The summed E-state index contributed by atoms with van der Waals surface area (Å²) >= 11 is 0. The molecular weight excluding hydrogens is 190 g/mol. The fraction of sp³-hybridized carbons (Fsp3) is 0.909. The number of aliphatic hydroxyl groups is 1. The number of hydrogen-bond donors (Lipinski definition) is 3. The zero-order chi connectivity index (χ0) is 11.5. The first-order chi connectivity index (χ1) is 6.93. The topological polar surface area (TPSA) is 73.3 Å². The molecule has 0 aromatic rings. The van der Waals surface area contributed by atoms with Gasteiger partial charge in [0.2, 0.25) is 0 Å². The third-order valence-electron chi connectivity index (χ3n) is 3.21. The lowest BCUT2D eigenvalue weighted by atomic mass is 10.0. The van der Waals surface area contributed by atoms with E-state index in [-0.39, 0.29) is 11.8 Å². The number of nitrogens with zero attached hydrogens (tertiary/aromatic N) is 1. The van der Waals surface area contributed by atoms with Crippen molar-refractivity contribution in [1.29, 1.82) is 5.41 Å². The van der Waals surface area contributed by atoms with Gasteiger partial charge >= 0.3 is 0 Å². The minimum atomic E-state index is -0.495. The molecule has 0 bridgehead atoms. The predicted octanol–water partition coefficient (Wildman–Crippen LogP) is 0.795. The maximum absolute atomic E-state index is 10.2. The number of hydrogen-bond acceptors (Lipinski definition) is 3. The van der Waals surface area contributed by atoms with Crippen LogP contribution in [0.3, 0.4) is 0 Å². The predicted molar refractivity (Wildman–Crippen MR) is 62.0 cm³/mol. The average molecular weight is 213 g/mol. The van der Waals surface area contributed by atoms with E-state index in [1.165, 1.54) is 0 Å². The van der Waals surface area contributed by atoms with Crippen molar-refractivity contribution in [1.82, 2.24) is 4.90 Å². The summed E-state index contributed by atoms with van der Waals surface area (Å²) in [7, 11) is 1.98. The summed E-state index contributed by atoms with van der Waals surface area (Å²) in [6.45, 7) is 3.39. The smallest absolute Gasteiger partial charge is 0.0947 e. The molecule has 0 amide bonds. The van der Waals surface area contributed by atoms with Crippen molar-refractivity contribution >= 4 is 5.84 Å². The SMILES string of the molecule is CC(CN(C)CC1(O)CCCC1)C(=N)N. The number of likely N-dealkylation sites (N-methyl/N-ethyl adjacent to an activating group) is 1. The van der Waals surface area contributed by atoms with E-state index in [1.54, 1.807) is 0 Å². The maximum Gasteiger partial charge on any atom is 0.0947 e. The van der Waals surface area contributed by atoms with E-state index in [2.05, 4.69) is 4.90 Å². The van der Waals surface area contributed by atoms with E-state index < -0.39 is 5.60 Å². The third-order valence-corrected chi connectivity index (χ3v) is 3.21. The lowest BCUT2D eigenvalue weighted by molar-refractivity contribution is 0.0151. The Morgan fingerprint density at radius 1 is 1.53 bits per heavy atom. The monoisotopic (exact) mass is 213 g/mol. The lowest BCUT2D eigenvalue weighted by Gasteiger charge is -2.29. The zero-order valence-electron chi connectivity index (χ0n) is 9.79. The third kappa shape index (κ3) is 3.80. The highest BCUT2D eigenvalue weighted by molar-refractivity contribution is 5.79. The van der Waals surface area contributed by atoms with Gasteiger partial charge in [0.15, 0.2) is 0 Å². The summed E-state index contributed by atoms with van der Waals surface area (Å²) in [5.41, 5.74) is 4.92. The standard InChI is InChI=1S/C11H23N3O/c1-9(10(12)13)7-14(2)8-11(15)5-3-4-6-11/h9,15H,3-8H2,1-2H3,(H3,12,13). The molecule has 1 unspecified atom stereocenters. The van der Waals surface area contributed by atoms with Gasteiger partial charge in [-0.25, -0.2) is 0 Å². The quantitative estimate of drug-likeness (QED) is 0.467. The first kappa shape index (κ1) is 12.5. The van der Waals surface area contributed by atoms with Crippen molar-refractivity contribution in [2.24, 2.45) is 11.7 Å². The molecule has 4 nitrogen and oxygen atoms in total. The van der Waals surface area contributed by atoms with Gasteiger partial charge in [0.25, 0.3) is 0 Å². The van der Waals surface area contributed by atoms with Gasteiger partial charge in [-0.1, -0.05) is 19.8 Å². The molecule has 15 heavy (non-hydrogen) atoms. The Bertz CT molecular complexity index is 224. The van der Waals surface area contributed by atoms with Gasteiger partial charge in [-0.2, -0.15) is 0 Å². The van der Waals surface area contributed by atoms with Gasteiger partial charge in [0.1, 0.15) is 0 Å². The molecule has 0 radical (unpaired) electrons. The Morgan fingerprint density at radius 2 is 2.07 bits per heavy atom. The summed E-state index contributed by atoms with van der Waals surface area (Å²) in [5.74, 6) is 0.292. The molecule has 0 aliphatic heterocycles. The largest absolute Gasteiger partial charge is 0.389 e. The minimum absolute atomic E-state index is 0.0694. The fourth-order valence-corrected chi connectivity index (χ4v) is 2.32. The highest BCUT2D eigenvalue weighted by atomic mass is 16.3. The van der Waals surface area contributed by atoms with Crippen molar-refractivity contribution in [2.75, 3.05) is 20.1 Å². The van der Waals surface area contributed by atoms with E-state index in [0.29, 0.717) is 6.54 Å². The molecule has 1 aliphatic carbocycles. The van der Waals surface area contributed by atoms with Crippen molar-refractivity contribution in [3.8, 4) is 0 Å². The number of amidine groups is 1. The zero-order valence-corrected chi connectivity index (χ0v) is 9.79. The summed E-state index contributed by atoms with van der Waals surface area (Å²) in [6.07, 6.45) is 4.08. The second-order valence-electron chi connectivity index (χ2n) is 4.98. The first-order valence-electron chi connectivity index (χ1n) is 5.68. The van der Waals surface area contributed by atoms with Crippen LogP contribution in [0.2, 0.25) is 0 Å². The average Bonchev–Trinajstić information content (AvgIpc) is 2.50. The lowest BCUT2D eigenvalue weighted by Crippen LogP contribution is -2.42. The summed E-state index contributed by atoms with van der Waals surface area (Å²) in [4.78, 5) is 2.08. The van der Waals surface area contributed by atoms with Crippen LogP contribution in [0.4, 0.5) is 0 Å². The molecule has 0 aromatic heterocycles. The van der Waals surface area contributed by atoms with Crippen LogP contribution < -0.4 is 5.73 Å². The van der Waals surface area contributed by atoms with Gasteiger partial charge < -0.3 is 15.7 Å². The van der Waals surface area contributed by atoms with E-state index in [0.717, 1.165) is 32.2 Å². The van der Waals surface area contributed by atoms with E-state index in [9.17, 15) is 5.11 Å². The Morgan fingerprint density at radius 3 is 2.53 bits per heavy atom. The van der Waals surface area contributed by atoms with Crippen LogP contribution in [0.1, 0.15) is 32.6 Å². The molecule has 1 aliphatic rings. The van der Waals surface area contributed by atoms with Gasteiger partial charge in [0, 0.05) is 19.0 Å². The van der Waals surface area contributed by atoms with Crippen LogP contribution in [0.25, 0.3) is 0 Å². The second kappa shape index (κ2) is 4.94. The highest BCUT2D eigenvalue weighted by Gasteiger charge is 2.32. The Hall–Kier alpha value is -0.610. The number of nitrogens with one attached hydrogen (secondary N) is 1. The minimum Gasteiger partial charge on any atom is -0.389 e. The summed E-state index contributed by atoms with van der Waals surface area (Å²) in [6, 6.07) is 0. The molecule has 0 heterocycles. The molecule has 1 atom stereocenters. The molecule has 4 heteroatoms. The normalized spacial score (nSPS) is 21.9. The maximum atomic E-state index is 10.2. The molecule has 0 saturated heterocycles. The van der Waals surface area contributed by atoms with Crippen molar-refractivity contribution < 1.29 is 5.11 Å². The second-order valence-corrected chi connectivity index (χ2v) is 4.98. The summed E-state index contributed by atoms with van der Waals surface area (Å²) < 4.78 is 0. The Kier molecular flexibility index (Phi) is 4.11. The van der Waals surface area contributed by atoms with Crippen molar-refractivity contribution in [3.05, 3.63) is 0 Å². The molecular formula is C11H23N3O. The van der Waals surface area contributed by atoms with Gasteiger partial charge in [0.05, 0.1) is 11.4 Å². The van der Waals surface area contributed by atoms with Crippen LogP contribution in [0, 0.1) is 11.3 Å². The highest BCUT2D eigenvalue weighted by Crippen LogP contribution is 2.29. The van der Waals surface area contributed by atoms with Crippen LogP contribution in [0.15, 0.2) is 0 Å². The number of rotatable bonds is 5. The molecule has 0 aromatic carbocycles. The first-order valence-corrected chi connectivity index (χ1v) is 5.68. The molecule has 0 spiro atoms. The molecule has 1 fully saturated rings. The fourth-order valence-electron chi connectivity index (χ4n) is 2.32. The molecule has 1 rings (SSSR count). The Balaban J connectivity index is 2.34. The molecule has 4 N–H and O–H groups in total. The van der Waals surface area contributed by atoms with Gasteiger partial charge in [-0.15, -0.1) is 0 Å². The van der Waals surface area contributed by atoms with Crippen LogP contribution >= 0.6 is 0 Å². The van der Waals surface area contributed by atoms with Crippen LogP contribution in [-0.4, -0.2) is 41.6 Å². The van der Waals surface area contributed by atoms with E-state index >= 15 is 0 Å². The van der Waals surface area contributed by atoms with E-state index in [4.69, 9.17) is 11.1 Å². The molecule has 1 saturated carbocycles. The van der Waals surface area contributed by atoms with Crippen molar-refractivity contribution in [2.45, 2.75) is 38.2 Å². The summed E-state index contributed by atoms with van der Waals surface area (Å²) in [5, 5.41) is 17.5.